The van der Waals surface area contributed by atoms with E-state index >= 15 is 0 Å². The van der Waals surface area contributed by atoms with E-state index in [1.54, 1.807) is 5.56 Å². The van der Waals surface area contributed by atoms with Crippen LogP contribution in [0.2, 0.25) is 0 Å². The van der Waals surface area contributed by atoms with E-state index in [1.807, 2.05) is 0 Å². The van der Waals surface area contributed by atoms with Crippen molar-refractivity contribution < 1.29 is 4.48 Å². The molecule has 0 unspecified atom stereocenters. The van der Waals surface area contributed by atoms with Gasteiger partial charge in [-0.2, -0.15) is 0 Å². The molecule has 0 heterocycles. The lowest BCUT2D eigenvalue weighted by Gasteiger charge is -2.39. The summed E-state index contributed by atoms with van der Waals surface area (Å²) in [4.78, 5) is 0. The number of hydrogen-bond donors (Lipinski definition) is 0. The quantitative estimate of drug-likeness (QED) is 0.0348. The molecule has 0 aliphatic heterocycles. The Morgan fingerprint density at radius 3 is 0.758 bits per heavy atom. The lowest BCUT2D eigenvalue weighted by Crippen LogP contribution is -2.49. The molecule has 0 radical (unpaired) electrons. The summed E-state index contributed by atoms with van der Waals surface area (Å²) < 4.78 is 1.33. The van der Waals surface area contributed by atoms with E-state index in [0.717, 1.165) is 0 Å². The SMILES string of the molecule is CCCCCCCC/C=C/CCCCCCCC[N+](CCCCCCCC/C=C/CCCCCCCC)(CCCCCCCC/C=C/CCCCCCCC)Cc1ccccc1. The molecule has 0 aliphatic carbocycles. The molecule has 0 atom stereocenters. The molecule has 360 valence electrons. The van der Waals surface area contributed by atoms with Crippen LogP contribution in [0.5, 0.6) is 0 Å². The first-order valence-electron chi connectivity index (χ1n) is 28.6. The van der Waals surface area contributed by atoms with Gasteiger partial charge in [-0.05, 0) is 116 Å². The van der Waals surface area contributed by atoms with Crippen molar-refractivity contribution in [1.82, 2.24) is 0 Å². The minimum Gasteiger partial charge on any atom is -0.320 e. The number of rotatable bonds is 50. The Kier molecular flexibility index (Phi) is 46.0. The number of nitrogens with zero attached hydrogens (tertiary/aromatic N) is 1. The molecule has 0 saturated heterocycles. The van der Waals surface area contributed by atoms with Gasteiger partial charge in [0.15, 0.2) is 0 Å². The highest BCUT2D eigenvalue weighted by molar-refractivity contribution is 5.13. The van der Waals surface area contributed by atoms with Crippen LogP contribution in [0.3, 0.4) is 0 Å². The van der Waals surface area contributed by atoms with E-state index in [1.165, 1.54) is 300 Å². The molecule has 0 bridgehead atoms. The molecule has 1 nitrogen and oxygen atoms in total. The molecule has 62 heavy (non-hydrogen) atoms. The van der Waals surface area contributed by atoms with Gasteiger partial charge < -0.3 is 4.48 Å². The fraction of sp³-hybridized carbons (Fsp3) is 0.803. The van der Waals surface area contributed by atoms with Crippen LogP contribution in [0.15, 0.2) is 66.8 Å². The van der Waals surface area contributed by atoms with Gasteiger partial charge in [-0.15, -0.1) is 0 Å². The Bertz CT molecular complexity index is 964. The van der Waals surface area contributed by atoms with Gasteiger partial charge in [-0.3, -0.25) is 0 Å². The Balaban J connectivity index is 2.51. The van der Waals surface area contributed by atoms with Crippen molar-refractivity contribution in [3.63, 3.8) is 0 Å². The van der Waals surface area contributed by atoms with E-state index < -0.39 is 0 Å². The van der Waals surface area contributed by atoms with Crippen molar-refractivity contribution in [2.75, 3.05) is 19.6 Å². The van der Waals surface area contributed by atoms with E-state index in [9.17, 15) is 0 Å². The summed E-state index contributed by atoms with van der Waals surface area (Å²) in [7, 11) is 0. The number of benzene rings is 1. The van der Waals surface area contributed by atoms with Crippen LogP contribution in [-0.4, -0.2) is 24.1 Å². The second kappa shape index (κ2) is 48.8. The molecular formula is C61H112N+. The zero-order valence-corrected chi connectivity index (χ0v) is 42.8. The van der Waals surface area contributed by atoms with Crippen molar-refractivity contribution in [1.29, 1.82) is 0 Å². The second-order valence-electron chi connectivity index (χ2n) is 20.0. The fourth-order valence-electron chi connectivity index (χ4n) is 9.63. The molecule has 0 N–H and O–H groups in total. The summed E-state index contributed by atoms with van der Waals surface area (Å²) in [5.74, 6) is 0. The lowest BCUT2D eigenvalue weighted by atomic mass is 10.0. The smallest absolute Gasteiger partial charge is 0.104 e. The third kappa shape index (κ3) is 41.1. The predicted molar refractivity (Wildman–Crippen MR) is 283 cm³/mol. The summed E-state index contributed by atoms with van der Waals surface area (Å²) in [5, 5.41) is 0. The fourth-order valence-corrected chi connectivity index (χ4v) is 9.63. The predicted octanol–water partition coefficient (Wildman–Crippen LogP) is 21.1. The topological polar surface area (TPSA) is 0 Å². The van der Waals surface area contributed by atoms with Crippen LogP contribution in [0, 0.1) is 0 Å². The molecule has 0 aromatic heterocycles. The molecule has 0 saturated carbocycles. The Morgan fingerprint density at radius 1 is 0.274 bits per heavy atom. The zero-order valence-electron chi connectivity index (χ0n) is 42.8. The van der Waals surface area contributed by atoms with Crippen LogP contribution < -0.4 is 0 Å². The van der Waals surface area contributed by atoms with Crippen molar-refractivity contribution in [3.05, 3.63) is 72.4 Å². The van der Waals surface area contributed by atoms with Crippen molar-refractivity contribution in [2.45, 2.75) is 297 Å². The molecule has 1 aromatic carbocycles. The Morgan fingerprint density at radius 2 is 0.500 bits per heavy atom. The van der Waals surface area contributed by atoms with Crippen molar-refractivity contribution in [2.24, 2.45) is 0 Å². The summed E-state index contributed by atoms with van der Waals surface area (Å²) in [5.41, 5.74) is 1.56. The van der Waals surface area contributed by atoms with Gasteiger partial charge in [0.1, 0.15) is 6.54 Å². The first kappa shape index (κ1) is 58.4. The Labute approximate surface area is 391 Å². The first-order chi connectivity index (χ1) is 30.8. The molecular weight excluding hydrogens is 747 g/mol. The molecule has 0 fully saturated rings. The van der Waals surface area contributed by atoms with Gasteiger partial charge in [0.05, 0.1) is 19.6 Å². The van der Waals surface area contributed by atoms with Gasteiger partial charge in [0, 0.05) is 5.56 Å². The molecule has 0 spiro atoms. The van der Waals surface area contributed by atoms with Crippen molar-refractivity contribution in [3.8, 4) is 0 Å². The van der Waals surface area contributed by atoms with E-state index in [4.69, 9.17) is 0 Å². The molecule has 0 amide bonds. The van der Waals surface area contributed by atoms with E-state index in [2.05, 4.69) is 87.6 Å². The molecule has 0 aliphatic rings. The molecule has 1 aromatic rings. The summed E-state index contributed by atoms with van der Waals surface area (Å²) >= 11 is 0. The number of hydrogen-bond acceptors (Lipinski definition) is 0. The van der Waals surface area contributed by atoms with Crippen molar-refractivity contribution >= 4 is 0 Å². The maximum Gasteiger partial charge on any atom is 0.104 e. The van der Waals surface area contributed by atoms with E-state index in [-0.39, 0.29) is 0 Å². The average Bonchev–Trinajstić information content (AvgIpc) is 3.29. The highest BCUT2D eigenvalue weighted by Gasteiger charge is 2.26. The maximum atomic E-state index is 2.48. The minimum atomic E-state index is 1.24. The minimum absolute atomic E-state index is 1.24. The lowest BCUT2D eigenvalue weighted by molar-refractivity contribution is -0.941. The highest BCUT2D eigenvalue weighted by atomic mass is 15.3. The van der Waals surface area contributed by atoms with Crippen LogP contribution in [0.25, 0.3) is 0 Å². The largest absolute Gasteiger partial charge is 0.320 e. The van der Waals surface area contributed by atoms with Crippen LogP contribution in [-0.2, 0) is 6.54 Å². The number of unbranched alkanes of at least 4 members (excludes halogenated alkanes) is 36. The number of quaternary nitrogens is 1. The van der Waals surface area contributed by atoms with E-state index in [0.29, 0.717) is 0 Å². The van der Waals surface area contributed by atoms with Crippen LogP contribution in [0.4, 0.5) is 0 Å². The van der Waals surface area contributed by atoms with Gasteiger partial charge in [-0.1, -0.05) is 242 Å². The van der Waals surface area contributed by atoms with Crippen LogP contribution in [0.1, 0.15) is 296 Å². The van der Waals surface area contributed by atoms with Crippen LogP contribution >= 0.6 is 0 Å². The number of allylic oxidation sites excluding steroid dienone is 6. The Hall–Kier alpha value is -1.60. The average molecular weight is 860 g/mol. The summed E-state index contributed by atoms with van der Waals surface area (Å²) in [6, 6.07) is 11.6. The standard InChI is InChI=1S/C61H112N/c1-4-7-10-13-16-19-22-25-28-31-34-37-40-43-46-52-57-62(60-61-55-50-49-51-56-61,58-53-47-44-41-38-35-32-29-26-23-20-17-14-11-8-5-2)59-54-48-45-42-39-36-33-30-27-24-21-18-15-12-9-6-3/h25-30,49-51,55-56H,4-24,31-48,52-54,57-60H2,1-3H3/q+1/b28-25+,29-26+,30-27+. The first-order valence-corrected chi connectivity index (χ1v) is 28.6. The van der Waals surface area contributed by atoms with Gasteiger partial charge in [0.25, 0.3) is 0 Å². The highest BCUT2D eigenvalue weighted by Crippen LogP contribution is 2.23. The van der Waals surface area contributed by atoms with Gasteiger partial charge in [0.2, 0.25) is 0 Å². The molecule has 1 heteroatoms. The summed E-state index contributed by atoms with van der Waals surface area (Å²) in [6.45, 7) is 12.3. The second-order valence-corrected chi connectivity index (χ2v) is 20.0. The monoisotopic (exact) mass is 859 g/mol. The zero-order chi connectivity index (χ0) is 44.4. The third-order valence-corrected chi connectivity index (χ3v) is 13.8. The normalized spacial score (nSPS) is 12.3. The van der Waals surface area contributed by atoms with Gasteiger partial charge in [-0.25, -0.2) is 0 Å². The van der Waals surface area contributed by atoms with Gasteiger partial charge >= 0.3 is 0 Å². The third-order valence-electron chi connectivity index (χ3n) is 13.8. The maximum absolute atomic E-state index is 2.48. The summed E-state index contributed by atoms with van der Waals surface area (Å²) in [6.07, 6.45) is 73.4. The molecule has 1 rings (SSSR count).